The van der Waals surface area contributed by atoms with Crippen LogP contribution in [0.15, 0.2) is 18.3 Å². The van der Waals surface area contributed by atoms with Gasteiger partial charge in [0.05, 0.1) is 5.56 Å². The average Bonchev–Trinajstić information content (AvgIpc) is 2.47. The first-order valence-corrected chi connectivity index (χ1v) is 6.87. The van der Waals surface area contributed by atoms with E-state index in [1.54, 1.807) is 0 Å². The number of aromatic nitrogens is 1. The van der Waals surface area contributed by atoms with Gasteiger partial charge in [-0.25, -0.2) is 0 Å². The van der Waals surface area contributed by atoms with E-state index in [4.69, 9.17) is 0 Å². The van der Waals surface area contributed by atoms with Gasteiger partial charge in [-0.05, 0) is 25.0 Å². The zero-order chi connectivity index (χ0) is 15.5. The van der Waals surface area contributed by atoms with Crippen LogP contribution < -0.4 is 5.32 Å². The summed E-state index contributed by atoms with van der Waals surface area (Å²) in [6.45, 7) is -0.00854. The Balaban J connectivity index is 2.03. The molecule has 0 saturated heterocycles. The van der Waals surface area contributed by atoms with Gasteiger partial charge in [-0.2, -0.15) is 13.2 Å². The second-order valence-electron chi connectivity index (χ2n) is 5.24. The molecule has 1 amide bonds. The number of carbonyl (C=O) groups is 1. The number of hydrogen-bond donors (Lipinski definition) is 2. The minimum Gasteiger partial charge on any atom is -0.396 e. The van der Waals surface area contributed by atoms with Crippen LogP contribution in [0.2, 0.25) is 0 Å². The molecule has 0 bridgehead atoms. The second kappa shape index (κ2) is 6.43. The molecule has 0 radical (unpaired) electrons. The van der Waals surface area contributed by atoms with Crippen LogP contribution in [0.4, 0.5) is 13.2 Å². The smallest absolute Gasteiger partial charge is 0.396 e. The van der Waals surface area contributed by atoms with E-state index in [1.807, 2.05) is 0 Å². The largest absolute Gasteiger partial charge is 0.417 e. The summed E-state index contributed by atoms with van der Waals surface area (Å²) in [6.07, 6.45) is -0.246. The first-order valence-electron chi connectivity index (χ1n) is 6.87. The van der Waals surface area contributed by atoms with E-state index in [0.29, 0.717) is 6.20 Å². The first-order chi connectivity index (χ1) is 9.91. The Morgan fingerprint density at radius 1 is 1.33 bits per heavy atom. The van der Waals surface area contributed by atoms with Crippen molar-refractivity contribution in [1.29, 1.82) is 0 Å². The molecule has 4 nitrogen and oxygen atoms in total. The molecule has 2 atom stereocenters. The van der Waals surface area contributed by atoms with Gasteiger partial charge in [-0.15, -0.1) is 0 Å². The molecule has 0 aliphatic heterocycles. The number of amides is 1. The van der Waals surface area contributed by atoms with E-state index < -0.39 is 17.6 Å². The molecule has 116 valence electrons. The molecule has 0 spiro atoms. The van der Waals surface area contributed by atoms with E-state index in [9.17, 15) is 23.1 Å². The Morgan fingerprint density at radius 2 is 2.05 bits per heavy atom. The highest BCUT2D eigenvalue weighted by atomic mass is 19.4. The van der Waals surface area contributed by atoms with Gasteiger partial charge in [-0.3, -0.25) is 9.78 Å². The summed E-state index contributed by atoms with van der Waals surface area (Å²) < 4.78 is 37.3. The Kier molecular flexibility index (Phi) is 4.82. The fourth-order valence-corrected chi connectivity index (χ4v) is 2.55. The minimum atomic E-state index is -4.46. The number of rotatable bonds is 3. The highest BCUT2D eigenvalue weighted by Crippen LogP contribution is 2.28. The summed E-state index contributed by atoms with van der Waals surface area (Å²) in [5.41, 5.74) is -0.935. The third kappa shape index (κ3) is 3.93. The zero-order valence-electron chi connectivity index (χ0n) is 11.4. The van der Waals surface area contributed by atoms with Gasteiger partial charge in [0.1, 0.15) is 5.69 Å². The molecule has 1 saturated carbocycles. The van der Waals surface area contributed by atoms with E-state index in [0.717, 1.165) is 37.8 Å². The maximum atomic E-state index is 12.4. The van der Waals surface area contributed by atoms with Crippen molar-refractivity contribution < 1.29 is 23.1 Å². The summed E-state index contributed by atoms with van der Waals surface area (Å²) >= 11 is 0. The first kappa shape index (κ1) is 15.8. The molecule has 1 aliphatic carbocycles. The fraction of sp³-hybridized carbons (Fsp3) is 0.571. The van der Waals surface area contributed by atoms with E-state index in [1.165, 1.54) is 0 Å². The normalized spacial score (nSPS) is 22.9. The SMILES string of the molecule is O=C(NC1CCCCC1CO)c1ccc(C(F)(F)F)cn1. The van der Waals surface area contributed by atoms with Crippen LogP contribution in [0, 0.1) is 5.92 Å². The molecule has 7 heteroatoms. The Bertz CT molecular complexity index is 488. The van der Waals surface area contributed by atoms with Gasteiger partial charge in [-0.1, -0.05) is 12.8 Å². The van der Waals surface area contributed by atoms with Crippen LogP contribution in [-0.4, -0.2) is 28.6 Å². The topological polar surface area (TPSA) is 62.2 Å². The molecule has 21 heavy (non-hydrogen) atoms. The van der Waals surface area contributed by atoms with Crippen LogP contribution >= 0.6 is 0 Å². The van der Waals surface area contributed by atoms with E-state index in [-0.39, 0.29) is 24.3 Å². The minimum absolute atomic E-state index is 0.00264. The zero-order valence-corrected chi connectivity index (χ0v) is 11.4. The lowest BCUT2D eigenvalue weighted by atomic mass is 9.85. The summed E-state index contributed by atoms with van der Waals surface area (Å²) in [5.74, 6) is -0.508. The van der Waals surface area contributed by atoms with Gasteiger partial charge >= 0.3 is 6.18 Å². The third-order valence-electron chi connectivity index (χ3n) is 3.78. The highest BCUT2D eigenvalue weighted by molar-refractivity contribution is 5.92. The van der Waals surface area contributed by atoms with Crippen molar-refractivity contribution in [3.8, 4) is 0 Å². The summed E-state index contributed by atoms with van der Waals surface area (Å²) in [6, 6.07) is 1.75. The Labute approximate surface area is 120 Å². The van der Waals surface area contributed by atoms with E-state index in [2.05, 4.69) is 10.3 Å². The van der Waals surface area contributed by atoms with Crippen LogP contribution in [0.5, 0.6) is 0 Å². The maximum absolute atomic E-state index is 12.4. The molecule has 1 aromatic heterocycles. The number of pyridine rings is 1. The lowest BCUT2D eigenvalue weighted by Crippen LogP contribution is -2.43. The van der Waals surface area contributed by atoms with Crippen molar-refractivity contribution in [2.24, 2.45) is 5.92 Å². The molecule has 2 N–H and O–H groups in total. The molecular weight excluding hydrogens is 285 g/mol. The van der Waals surface area contributed by atoms with Crippen molar-refractivity contribution in [2.75, 3.05) is 6.61 Å². The number of hydrogen-bond acceptors (Lipinski definition) is 3. The van der Waals surface area contributed by atoms with Gasteiger partial charge in [0.25, 0.3) is 5.91 Å². The Hall–Kier alpha value is -1.63. The van der Waals surface area contributed by atoms with Gasteiger partial charge < -0.3 is 10.4 Å². The molecule has 1 aromatic rings. The fourth-order valence-electron chi connectivity index (χ4n) is 2.55. The van der Waals surface area contributed by atoms with Crippen molar-refractivity contribution in [1.82, 2.24) is 10.3 Å². The number of halogens is 3. The molecular formula is C14H17F3N2O2. The van der Waals surface area contributed by atoms with E-state index >= 15 is 0 Å². The number of aliphatic hydroxyl groups is 1. The lowest BCUT2D eigenvalue weighted by molar-refractivity contribution is -0.137. The monoisotopic (exact) mass is 302 g/mol. The Morgan fingerprint density at radius 3 is 2.62 bits per heavy atom. The van der Waals surface area contributed by atoms with Gasteiger partial charge in [0.2, 0.25) is 0 Å². The predicted molar refractivity (Wildman–Crippen MR) is 69.5 cm³/mol. The summed E-state index contributed by atoms with van der Waals surface area (Å²) in [7, 11) is 0. The van der Waals surface area contributed by atoms with Crippen LogP contribution in [-0.2, 0) is 6.18 Å². The standard InChI is InChI=1S/C14H17F3N2O2/c15-14(16,17)10-5-6-12(18-7-10)13(21)19-11-4-2-1-3-9(11)8-20/h5-7,9,11,20H,1-4,8H2,(H,19,21). The van der Waals surface area contributed by atoms with Crippen molar-refractivity contribution in [3.63, 3.8) is 0 Å². The number of alkyl halides is 3. The number of carbonyl (C=O) groups excluding carboxylic acids is 1. The second-order valence-corrected chi connectivity index (χ2v) is 5.24. The number of aliphatic hydroxyl groups excluding tert-OH is 1. The predicted octanol–water partition coefficient (Wildman–Crippen LogP) is 2.38. The van der Waals surface area contributed by atoms with Crippen molar-refractivity contribution in [3.05, 3.63) is 29.6 Å². The molecule has 2 rings (SSSR count). The van der Waals surface area contributed by atoms with Crippen LogP contribution in [0.1, 0.15) is 41.7 Å². The van der Waals surface area contributed by atoms with Crippen LogP contribution in [0.25, 0.3) is 0 Å². The number of nitrogens with one attached hydrogen (secondary N) is 1. The molecule has 2 unspecified atom stereocenters. The maximum Gasteiger partial charge on any atom is 0.417 e. The van der Waals surface area contributed by atoms with Gasteiger partial charge in [0.15, 0.2) is 0 Å². The third-order valence-corrected chi connectivity index (χ3v) is 3.78. The van der Waals surface area contributed by atoms with Crippen molar-refractivity contribution >= 4 is 5.91 Å². The summed E-state index contributed by atoms with van der Waals surface area (Å²) in [4.78, 5) is 15.6. The molecule has 1 heterocycles. The molecule has 0 aromatic carbocycles. The van der Waals surface area contributed by atoms with Crippen molar-refractivity contribution in [2.45, 2.75) is 37.9 Å². The molecule has 1 aliphatic rings. The van der Waals surface area contributed by atoms with Crippen LogP contribution in [0.3, 0.4) is 0 Å². The lowest BCUT2D eigenvalue weighted by Gasteiger charge is -2.30. The highest BCUT2D eigenvalue weighted by Gasteiger charge is 2.31. The molecule has 1 fully saturated rings. The summed E-state index contributed by atoms with van der Waals surface area (Å²) in [5, 5.41) is 12.0. The van der Waals surface area contributed by atoms with Gasteiger partial charge in [0, 0.05) is 24.8 Å². The number of nitrogens with zero attached hydrogens (tertiary/aromatic N) is 1. The average molecular weight is 302 g/mol. The quantitative estimate of drug-likeness (QED) is 0.901.